The molecule has 0 heterocycles. The number of urea groups is 1. The molecule has 0 fully saturated rings. The highest BCUT2D eigenvalue weighted by atomic mass is 32.2. The molecular weight excluding hydrogens is 250 g/mol. The zero-order valence-corrected chi connectivity index (χ0v) is 9.19. The van der Waals surface area contributed by atoms with Crippen LogP contribution in [0, 0.1) is 0 Å². The van der Waals surface area contributed by atoms with Gasteiger partial charge in [-0.2, -0.15) is 0 Å². The first-order chi connectivity index (χ1) is 7.83. The van der Waals surface area contributed by atoms with Gasteiger partial charge in [0.15, 0.2) is 0 Å². The number of nitrogens with two attached hydrogens (primary N) is 1. The molecule has 0 unspecified atom stereocenters. The van der Waals surface area contributed by atoms with Crippen LogP contribution in [0.2, 0.25) is 0 Å². The molecule has 3 amide bonds. The Morgan fingerprint density at radius 3 is 2.35 bits per heavy atom. The summed E-state index contributed by atoms with van der Waals surface area (Å²) >= 11 is 0. The third-order valence-corrected chi connectivity index (χ3v) is 3.03. The second-order valence-corrected chi connectivity index (χ2v) is 4.55. The lowest BCUT2D eigenvalue weighted by molar-refractivity contribution is 0.201. The van der Waals surface area contributed by atoms with Crippen LogP contribution in [0.3, 0.4) is 0 Å². The molecule has 1 aromatic carbocycles. The molecule has 17 heavy (non-hydrogen) atoms. The van der Waals surface area contributed by atoms with E-state index in [-0.39, 0.29) is 10.6 Å². The van der Waals surface area contributed by atoms with Crippen LogP contribution in [-0.2, 0) is 10.0 Å². The third kappa shape index (κ3) is 3.34. The van der Waals surface area contributed by atoms with Crippen molar-refractivity contribution >= 4 is 27.8 Å². The van der Waals surface area contributed by atoms with Gasteiger partial charge in [-0.1, -0.05) is 12.1 Å². The second kappa shape index (κ2) is 4.70. The molecule has 5 N–H and O–H groups in total. The van der Waals surface area contributed by atoms with E-state index in [1.165, 1.54) is 22.9 Å². The largest absolute Gasteiger partial charge is 0.464 e. The number of anilines is 1. The number of benzene rings is 1. The number of nitrogens with one attached hydrogen (secondary N) is 2. The number of rotatable bonds is 3. The zero-order valence-electron chi connectivity index (χ0n) is 8.38. The van der Waals surface area contributed by atoms with Crippen LogP contribution in [-0.4, -0.2) is 25.6 Å². The summed E-state index contributed by atoms with van der Waals surface area (Å²) in [6, 6.07) is 4.30. The van der Waals surface area contributed by atoms with Crippen molar-refractivity contribution in [1.29, 1.82) is 0 Å². The average molecular weight is 259 g/mol. The Hall–Kier alpha value is -2.29. The SMILES string of the molecule is NC(=O)Nc1ccccc1S(=O)(=O)NC(=O)O. The van der Waals surface area contributed by atoms with Gasteiger partial charge < -0.3 is 16.2 Å². The number of hydrogen-bond donors (Lipinski definition) is 4. The maximum atomic E-state index is 11.6. The van der Waals surface area contributed by atoms with Crippen molar-refractivity contribution in [2.24, 2.45) is 5.73 Å². The van der Waals surface area contributed by atoms with Crippen molar-refractivity contribution in [2.45, 2.75) is 4.90 Å². The highest BCUT2D eigenvalue weighted by Gasteiger charge is 2.20. The Bertz CT molecular complexity index is 554. The summed E-state index contributed by atoms with van der Waals surface area (Å²) in [5.74, 6) is 0. The lowest BCUT2D eigenvalue weighted by Gasteiger charge is -2.09. The van der Waals surface area contributed by atoms with Gasteiger partial charge in [0.1, 0.15) is 4.90 Å². The monoisotopic (exact) mass is 259 g/mol. The summed E-state index contributed by atoms with van der Waals surface area (Å²) in [7, 11) is -4.26. The van der Waals surface area contributed by atoms with Gasteiger partial charge in [-0.05, 0) is 12.1 Å². The van der Waals surface area contributed by atoms with Crippen molar-refractivity contribution in [1.82, 2.24) is 4.72 Å². The summed E-state index contributed by atoms with van der Waals surface area (Å²) in [4.78, 5) is 20.6. The number of primary amides is 1. The Morgan fingerprint density at radius 2 is 1.82 bits per heavy atom. The van der Waals surface area contributed by atoms with Crippen LogP contribution in [0.1, 0.15) is 0 Å². The van der Waals surface area contributed by atoms with E-state index in [4.69, 9.17) is 10.8 Å². The molecule has 0 aromatic heterocycles. The quantitative estimate of drug-likeness (QED) is 0.611. The molecule has 0 spiro atoms. The smallest absolute Gasteiger partial charge is 0.418 e. The molecule has 0 bridgehead atoms. The van der Waals surface area contributed by atoms with E-state index in [1.54, 1.807) is 0 Å². The van der Waals surface area contributed by atoms with E-state index in [1.807, 2.05) is 0 Å². The Kier molecular flexibility index (Phi) is 3.53. The van der Waals surface area contributed by atoms with Crippen LogP contribution in [0.4, 0.5) is 15.3 Å². The molecule has 1 aromatic rings. The summed E-state index contributed by atoms with van der Waals surface area (Å²) in [5, 5.41) is 10.5. The molecule has 0 aliphatic rings. The van der Waals surface area contributed by atoms with Crippen molar-refractivity contribution in [2.75, 3.05) is 5.32 Å². The van der Waals surface area contributed by atoms with Crippen molar-refractivity contribution in [3.63, 3.8) is 0 Å². The first-order valence-electron chi connectivity index (χ1n) is 4.24. The minimum atomic E-state index is -4.26. The summed E-state index contributed by atoms with van der Waals surface area (Å²) in [6.45, 7) is 0. The normalized spacial score (nSPS) is 10.6. The molecule has 0 aliphatic carbocycles. The second-order valence-electron chi connectivity index (χ2n) is 2.90. The number of hydrogen-bond acceptors (Lipinski definition) is 4. The lowest BCUT2D eigenvalue weighted by atomic mass is 10.3. The molecule has 0 saturated carbocycles. The van der Waals surface area contributed by atoms with Gasteiger partial charge in [-0.25, -0.2) is 22.7 Å². The van der Waals surface area contributed by atoms with Crippen LogP contribution in [0.25, 0.3) is 0 Å². The van der Waals surface area contributed by atoms with Gasteiger partial charge in [-0.15, -0.1) is 0 Å². The molecule has 8 nitrogen and oxygen atoms in total. The highest BCUT2D eigenvalue weighted by Crippen LogP contribution is 2.20. The first kappa shape index (κ1) is 12.8. The van der Waals surface area contributed by atoms with Crippen LogP contribution in [0.5, 0.6) is 0 Å². The van der Waals surface area contributed by atoms with E-state index in [0.717, 1.165) is 6.07 Å². The average Bonchev–Trinajstić information content (AvgIpc) is 2.15. The van der Waals surface area contributed by atoms with Gasteiger partial charge >= 0.3 is 12.1 Å². The number of para-hydroxylation sites is 1. The Labute approximate surface area is 96.5 Å². The molecule has 0 radical (unpaired) electrons. The predicted molar refractivity (Wildman–Crippen MR) is 58.0 cm³/mol. The first-order valence-corrected chi connectivity index (χ1v) is 5.72. The van der Waals surface area contributed by atoms with Gasteiger partial charge in [0.05, 0.1) is 5.69 Å². The molecule has 1 rings (SSSR count). The van der Waals surface area contributed by atoms with Crippen LogP contribution < -0.4 is 15.8 Å². The summed E-state index contributed by atoms with van der Waals surface area (Å²) < 4.78 is 24.5. The fourth-order valence-corrected chi connectivity index (χ4v) is 2.11. The zero-order chi connectivity index (χ0) is 13.1. The standard InChI is InChI=1S/C8H9N3O5S/c9-7(12)10-5-3-1-2-4-6(5)17(15,16)11-8(13)14/h1-4,11H,(H,13,14)(H3,9,10,12). The molecular formula is C8H9N3O5S. The van der Waals surface area contributed by atoms with E-state index < -0.39 is 22.1 Å². The Morgan fingerprint density at radius 1 is 1.24 bits per heavy atom. The molecule has 0 saturated heterocycles. The van der Waals surface area contributed by atoms with Crippen molar-refractivity contribution in [3.05, 3.63) is 24.3 Å². The van der Waals surface area contributed by atoms with Gasteiger partial charge in [0.2, 0.25) is 0 Å². The van der Waals surface area contributed by atoms with Crippen molar-refractivity contribution < 1.29 is 23.1 Å². The lowest BCUT2D eigenvalue weighted by Crippen LogP contribution is -2.30. The van der Waals surface area contributed by atoms with Crippen LogP contribution in [0.15, 0.2) is 29.2 Å². The fraction of sp³-hybridized carbons (Fsp3) is 0. The van der Waals surface area contributed by atoms with Crippen molar-refractivity contribution in [3.8, 4) is 0 Å². The maximum Gasteiger partial charge on any atom is 0.418 e. The van der Waals surface area contributed by atoms with Gasteiger partial charge in [-0.3, -0.25) is 0 Å². The number of sulfonamides is 1. The van der Waals surface area contributed by atoms with Crippen LogP contribution >= 0.6 is 0 Å². The summed E-state index contributed by atoms with van der Waals surface area (Å²) in [5.41, 5.74) is 4.75. The Balaban J connectivity index is 3.21. The van der Waals surface area contributed by atoms with E-state index >= 15 is 0 Å². The minimum absolute atomic E-state index is 0.103. The van der Waals surface area contributed by atoms with E-state index in [0.29, 0.717) is 0 Å². The number of carbonyl (C=O) groups is 2. The number of amides is 3. The number of carbonyl (C=O) groups excluding carboxylic acids is 1. The topological polar surface area (TPSA) is 139 Å². The molecule has 9 heteroatoms. The minimum Gasteiger partial charge on any atom is -0.464 e. The van der Waals surface area contributed by atoms with Gasteiger partial charge in [0, 0.05) is 0 Å². The fourth-order valence-electron chi connectivity index (χ4n) is 1.11. The molecule has 92 valence electrons. The predicted octanol–water partition coefficient (Wildman–Crippen LogP) is 0.134. The summed E-state index contributed by atoms with van der Waals surface area (Å²) in [6.07, 6.45) is -1.72. The maximum absolute atomic E-state index is 11.6. The molecule has 0 atom stereocenters. The van der Waals surface area contributed by atoms with Gasteiger partial charge in [0.25, 0.3) is 10.0 Å². The van der Waals surface area contributed by atoms with E-state index in [9.17, 15) is 18.0 Å². The van der Waals surface area contributed by atoms with E-state index in [2.05, 4.69) is 5.32 Å². The molecule has 0 aliphatic heterocycles. The highest BCUT2D eigenvalue weighted by molar-refractivity contribution is 7.90. The third-order valence-electron chi connectivity index (χ3n) is 1.66. The number of carboxylic acid groups (broad SMARTS) is 1.